The van der Waals surface area contributed by atoms with Gasteiger partial charge in [0.15, 0.2) is 0 Å². The van der Waals surface area contributed by atoms with E-state index in [4.69, 9.17) is 0 Å². The maximum absolute atomic E-state index is 4.64. The van der Waals surface area contributed by atoms with Gasteiger partial charge in [0.25, 0.3) is 0 Å². The molecule has 4 aromatic heterocycles. The largest absolute Gasteiger partial charge is 0.292 e. The molecule has 0 aliphatic heterocycles. The minimum Gasteiger partial charge on any atom is -0.292 e. The Balaban J connectivity index is 1.98. The van der Waals surface area contributed by atoms with E-state index in [9.17, 15) is 0 Å². The van der Waals surface area contributed by atoms with Gasteiger partial charge in [-0.2, -0.15) is 0 Å². The molecule has 0 radical (unpaired) electrons. The number of para-hydroxylation sites is 1. The van der Waals surface area contributed by atoms with Crippen molar-refractivity contribution in [1.29, 1.82) is 0 Å². The molecule has 4 heterocycles. The van der Waals surface area contributed by atoms with Gasteiger partial charge in [0, 0.05) is 22.0 Å². The van der Waals surface area contributed by atoms with Gasteiger partial charge in [-0.15, -0.1) is 22.7 Å². The number of nitrogens with zero attached hydrogens (tertiary/aromatic N) is 2. The number of fused-ring (bicyclic) bond motifs is 1. The molecule has 0 N–H and O–H groups in total. The van der Waals surface area contributed by atoms with Gasteiger partial charge in [-0.05, 0) is 41.1 Å². The van der Waals surface area contributed by atoms with E-state index in [2.05, 4.69) is 74.9 Å². The normalized spacial score (nSPS) is 11.2. The lowest BCUT2D eigenvalue weighted by atomic mass is 10.1. The molecule has 120 valence electrons. The summed E-state index contributed by atoms with van der Waals surface area (Å²) in [6.45, 7) is 0. The third-order valence-electron chi connectivity index (χ3n) is 4.28. The van der Waals surface area contributed by atoms with Gasteiger partial charge in [-0.3, -0.25) is 4.57 Å². The summed E-state index contributed by atoms with van der Waals surface area (Å²) < 4.78 is 2.29. The number of hydrogen-bond acceptors (Lipinski definition) is 3. The molecule has 0 aliphatic carbocycles. The van der Waals surface area contributed by atoms with Crippen molar-refractivity contribution in [2.75, 3.05) is 0 Å². The lowest BCUT2D eigenvalue weighted by Crippen LogP contribution is -1.98. The Morgan fingerprint density at radius 1 is 0.720 bits per heavy atom. The van der Waals surface area contributed by atoms with Gasteiger partial charge in [0.1, 0.15) is 5.82 Å². The van der Waals surface area contributed by atoms with Crippen LogP contribution in [0.4, 0.5) is 0 Å². The van der Waals surface area contributed by atoms with E-state index in [1.165, 1.54) is 31.9 Å². The van der Waals surface area contributed by atoms with Gasteiger partial charge in [0.05, 0.1) is 16.1 Å². The minimum atomic E-state index is 0.949. The predicted octanol–water partition coefficient (Wildman–Crippen LogP) is 6.48. The second-order valence-corrected chi connectivity index (χ2v) is 7.61. The summed E-state index contributed by atoms with van der Waals surface area (Å²) in [5, 5.41) is 5.54. The molecule has 5 aromatic rings. The Labute approximate surface area is 153 Å². The standard InChI is InChI=1S/C21H14N2S2/c1-2-8-16-15(7-1)20(17-9-5-13-24-17)21(18-10-6-14-25-18)23(16)19-11-3-4-12-22-19/h1-14H. The van der Waals surface area contributed by atoms with Crippen LogP contribution in [0.3, 0.4) is 0 Å². The van der Waals surface area contributed by atoms with Crippen LogP contribution < -0.4 is 0 Å². The first-order chi connectivity index (χ1) is 12.4. The van der Waals surface area contributed by atoms with Gasteiger partial charge < -0.3 is 0 Å². The fourth-order valence-electron chi connectivity index (χ4n) is 3.28. The van der Waals surface area contributed by atoms with Crippen molar-refractivity contribution in [2.24, 2.45) is 0 Å². The van der Waals surface area contributed by atoms with E-state index in [1.54, 1.807) is 22.7 Å². The Bertz CT molecular complexity index is 1120. The van der Waals surface area contributed by atoms with Crippen molar-refractivity contribution in [2.45, 2.75) is 0 Å². The molecule has 5 rings (SSSR count). The van der Waals surface area contributed by atoms with Crippen molar-refractivity contribution >= 4 is 33.6 Å². The van der Waals surface area contributed by atoms with Gasteiger partial charge in [-0.1, -0.05) is 36.4 Å². The minimum absolute atomic E-state index is 0.949. The molecular formula is C21H14N2S2. The predicted molar refractivity (Wildman–Crippen MR) is 108 cm³/mol. The molecule has 0 amide bonds. The zero-order chi connectivity index (χ0) is 16.6. The molecule has 0 fully saturated rings. The quantitative estimate of drug-likeness (QED) is 0.361. The van der Waals surface area contributed by atoms with Gasteiger partial charge in [0.2, 0.25) is 0 Å². The highest BCUT2D eigenvalue weighted by Crippen LogP contribution is 2.44. The van der Waals surface area contributed by atoms with E-state index in [0.29, 0.717) is 0 Å². The fourth-order valence-corrected chi connectivity index (χ4v) is 4.83. The van der Waals surface area contributed by atoms with Crippen LogP contribution in [0.5, 0.6) is 0 Å². The molecule has 0 unspecified atom stereocenters. The van der Waals surface area contributed by atoms with Crippen LogP contribution >= 0.6 is 22.7 Å². The van der Waals surface area contributed by atoms with E-state index < -0.39 is 0 Å². The van der Waals surface area contributed by atoms with E-state index in [1.807, 2.05) is 18.3 Å². The summed E-state index contributed by atoms with van der Waals surface area (Å²) >= 11 is 3.55. The van der Waals surface area contributed by atoms with E-state index in [-0.39, 0.29) is 0 Å². The first-order valence-corrected chi connectivity index (χ1v) is 9.82. The van der Waals surface area contributed by atoms with Crippen LogP contribution in [0.25, 0.3) is 37.7 Å². The number of benzene rings is 1. The van der Waals surface area contributed by atoms with Crippen molar-refractivity contribution < 1.29 is 0 Å². The molecule has 2 nitrogen and oxygen atoms in total. The van der Waals surface area contributed by atoms with Crippen LogP contribution in [0.15, 0.2) is 83.7 Å². The first-order valence-electron chi connectivity index (χ1n) is 8.06. The summed E-state index contributed by atoms with van der Waals surface area (Å²) in [5.41, 5.74) is 3.70. The number of rotatable bonds is 3. The molecule has 25 heavy (non-hydrogen) atoms. The van der Waals surface area contributed by atoms with Crippen LogP contribution in [-0.4, -0.2) is 9.55 Å². The summed E-state index contributed by atoms with van der Waals surface area (Å²) in [4.78, 5) is 7.18. The molecule has 0 atom stereocenters. The molecule has 0 bridgehead atoms. The van der Waals surface area contributed by atoms with Crippen LogP contribution in [0.1, 0.15) is 0 Å². The highest BCUT2D eigenvalue weighted by Gasteiger charge is 2.22. The summed E-state index contributed by atoms with van der Waals surface area (Å²) in [6, 6.07) is 23.3. The second-order valence-electron chi connectivity index (χ2n) is 5.72. The van der Waals surface area contributed by atoms with E-state index in [0.717, 1.165) is 5.82 Å². The molecule has 0 spiro atoms. The second kappa shape index (κ2) is 5.99. The average Bonchev–Trinajstić information content (AvgIpc) is 3.40. The van der Waals surface area contributed by atoms with Crippen LogP contribution in [0.2, 0.25) is 0 Å². The number of hydrogen-bond donors (Lipinski definition) is 0. The lowest BCUT2D eigenvalue weighted by molar-refractivity contribution is 1.05. The van der Waals surface area contributed by atoms with Crippen molar-refractivity contribution in [3.63, 3.8) is 0 Å². The molecule has 1 aromatic carbocycles. The molecule has 0 saturated carbocycles. The van der Waals surface area contributed by atoms with Gasteiger partial charge >= 0.3 is 0 Å². The SMILES string of the molecule is c1ccc(-n2c(-c3cccs3)c(-c3cccs3)c3ccccc32)nc1. The highest BCUT2D eigenvalue weighted by atomic mass is 32.1. The zero-order valence-electron chi connectivity index (χ0n) is 13.3. The summed E-state index contributed by atoms with van der Waals surface area (Å²) in [5.74, 6) is 0.949. The van der Waals surface area contributed by atoms with Crippen molar-refractivity contribution in [3.8, 4) is 26.8 Å². The molecular weight excluding hydrogens is 344 g/mol. The Morgan fingerprint density at radius 2 is 1.48 bits per heavy atom. The summed E-state index contributed by atoms with van der Waals surface area (Å²) in [6.07, 6.45) is 1.85. The average molecular weight is 358 g/mol. The lowest BCUT2D eigenvalue weighted by Gasteiger charge is -2.10. The molecule has 0 saturated heterocycles. The first kappa shape index (κ1) is 14.6. The highest BCUT2D eigenvalue weighted by molar-refractivity contribution is 7.14. The Kier molecular flexibility index (Phi) is 3.51. The smallest absolute Gasteiger partial charge is 0.137 e. The van der Waals surface area contributed by atoms with Crippen LogP contribution in [0, 0.1) is 0 Å². The Hall–Kier alpha value is -2.69. The number of aromatic nitrogens is 2. The summed E-state index contributed by atoms with van der Waals surface area (Å²) in [7, 11) is 0. The van der Waals surface area contributed by atoms with Gasteiger partial charge in [-0.25, -0.2) is 4.98 Å². The van der Waals surface area contributed by atoms with E-state index >= 15 is 0 Å². The van der Waals surface area contributed by atoms with Crippen molar-refractivity contribution in [3.05, 3.63) is 83.7 Å². The van der Waals surface area contributed by atoms with Crippen molar-refractivity contribution in [1.82, 2.24) is 9.55 Å². The number of thiophene rings is 2. The third kappa shape index (κ3) is 2.34. The maximum Gasteiger partial charge on any atom is 0.137 e. The molecule has 0 aliphatic rings. The number of pyridine rings is 1. The topological polar surface area (TPSA) is 17.8 Å². The zero-order valence-corrected chi connectivity index (χ0v) is 14.9. The van der Waals surface area contributed by atoms with Crippen LogP contribution in [-0.2, 0) is 0 Å². The molecule has 4 heteroatoms. The monoisotopic (exact) mass is 358 g/mol. The maximum atomic E-state index is 4.64. The third-order valence-corrected chi connectivity index (χ3v) is 6.04. The fraction of sp³-hybridized carbons (Fsp3) is 0. The Morgan fingerprint density at radius 3 is 2.20 bits per heavy atom.